The topological polar surface area (TPSA) is 19.4 Å². The van der Waals surface area contributed by atoms with Gasteiger partial charge in [0.2, 0.25) is 0 Å². The van der Waals surface area contributed by atoms with Gasteiger partial charge in [0.25, 0.3) is 0 Å². The zero-order chi connectivity index (χ0) is 18.9. The van der Waals surface area contributed by atoms with Gasteiger partial charge < -0.3 is 4.90 Å². The highest BCUT2D eigenvalue weighted by Crippen LogP contribution is 2.44. The van der Waals surface area contributed by atoms with Crippen LogP contribution in [0.15, 0.2) is 76.8 Å². The number of likely N-dealkylation sites (N-methyl/N-ethyl adjacent to an activating group) is 1. The minimum absolute atomic E-state index is 0. The van der Waals surface area contributed by atoms with E-state index in [0.29, 0.717) is 6.04 Å². The summed E-state index contributed by atoms with van der Waals surface area (Å²) in [4.78, 5) is 12.1. The molecule has 1 fully saturated rings. The van der Waals surface area contributed by atoms with E-state index in [4.69, 9.17) is 0 Å². The highest BCUT2D eigenvalue weighted by molar-refractivity contribution is 7.99. The third-order valence-corrected chi connectivity index (χ3v) is 7.18. The van der Waals surface area contributed by atoms with Crippen LogP contribution in [0.4, 0.5) is 0 Å². The molecule has 5 rings (SSSR count). The number of piperazine rings is 1. The Labute approximate surface area is 195 Å². The van der Waals surface area contributed by atoms with E-state index in [0.717, 1.165) is 32.6 Å². The van der Waals surface area contributed by atoms with Crippen molar-refractivity contribution < 1.29 is 0 Å². The zero-order valence-electron chi connectivity index (χ0n) is 17.0. The number of hydrogen-bond acceptors (Lipinski definition) is 4. The number of aromatic nitrogens is 1. The zero-order valence-corrected chi connectivity index (χ0v) is 19.5. The van der Waals surface area contributed by atoms with Gasteiger partial charge in [-0.2, -0.15) is 0 Å². The second-order valence-corrected chi connectivity index (χ2v) is 8.84. The standard InChI is InChI=1S/C24H25N3S.2ClH/c1-26-12-14-27(15-13-26)22-17-20-4-2-3-5-23(20)28-24-7-6-19(16-21(22)24)18-8-10-25-11-9-18;;/h2-11,16,22H,12-15,17H2,1H3;2*1H. The SMILES string of the molecule is CN1CCN(C2Cc3ccccc3Sc3ccc(-c4ccncc4)cc32)CC1.Cl.Cl. The number of hydrogen-bond donors (Lipinski definition) is 0. The van der Waals surface area contributed by atoms with Crippen molar-refractivity contribution in [1.82, 2.24) is 14.8 Å². The van der Waals surface area contributed by atoms with Crippen molar-refractivity contribution in [3.05, 3.63) is 78.1 Å². The van der Waals surface area contributed by atoms with Gasteiger partial charge in [-0.15, -0.1) is 24.8 Å². The Kier molecular flexibility index (Phi) is 7.83. The van der Waals surface area contributed by atoms with Gasteiger partial charge >= 0.3 is 0 Å². The number of rotatable bonds is 2. The minimum atomic E-state index is 0. The predicted molar refractivity (Wildman–Crippen MR) is 130 cm³/mol. The second kappa shape index (κ2) is 10.2. The molecule has 3 heterocycles. The number of benzene rings is 2. The summed E-state index contributed by atoms with van der Waals surface area (Å²) in [5.41, 5.74) is 5.46. The Balaban J connectivity index is 0.00000128. The lowest BCUT2D eigenvalue weighted by Gasteiger charge is -2.38. The molecule has 0 aliphatic carbocycles. The molecule has 0 spiro atoms. The van der Waals surface area contributed by atoms with E-state index < -0.39 is 0 Å². The van der Waals surface area contributed by atoms with E-state index in [1.54, 1.807) is 0 Å². The quantitative estimate of drug-likeness (QED) is 0.497. The summed E-state index contributed by atoms with van der Waals surface area (Å²) in [7, 11) is 2.23. The molecule has 2 aliphatic rings. The molecule has 30 heavy (non-hydrogen) atoms. The van der Waals surface area contributed by atoms with Crippen LogP contribution in [0, 0.1) is 0 Å². The smallest absolute Gasteiger partial charge is 0.0401 e. The van der Waals surface area contributed by atoms with E-state index in [2.05, 4.69) is 76.4 Å². The molecule has 158 valence electrons. The maximum atomic E-state index is 4.18. The summed E-state index contributed by atoms with van der Waals surface area (Å²) < 4.78 is 0. The molecule has 0 bridgehead atoms. The van der Waals surface area contributed by atoms with E-state index >= 15 is 0 Å². The average Bonchev–Trinajstić information content (AvgIpc) is 2.91. The normalized spacial score (nSPS) is 18.9. The lowest BCUT2D eigenvalue weighted by Crippen LogP contribution is -2.46. The Hall–Kier alpha value is -1.56. The summed E-state index contributed by atoms with van der Waals surface area (Å²) in [6, 6.07) is 20.6. The van der Waals surface area contributed by atoms with Gasteiger partial charge in [-0.05, 0) is 66.1 Å². The Morgan fingerprint density at radius 3 is 2.33 bits per heavy atom. The number of fused-ring (bicyclic) bond motifs is 2. The Morgan fingerprint density at radius 2 is 1.57 bits per heavy atom. The van der Waals surface area contributed by atoms with E-state index in [1.165, 1.54) is 32.0 Å². The van der Waals surface area contributed by atoms with Gasteiger partial charge in [-0.3, -0.25) is 9.88 Å². The van der Waals surface area contributed by atoms with Crippen LogP contribution in [-0.4, -0.2) is 48.0 Å². The molecule has 0 amide bonds. The van der Waals surface area contributed by atoms with Crippen molar-refractivity contribution in [3.8, 4) is 11.1 Å². The average molecular weight is 460 g/mol. The predicted octanol–water partition coefficient (Wildman–Crippen LogP) is 5.59. The fraction of sp³-hybridized carbons (Fsp3) is 0.292. The van der Waals surface area contributed by atoms with Crippen LogP contribution in [0.3, 0.4) is 0 Å². The summed E-state index contributed by atoms with van der Waals surface area (Å²) in [6.45, 7) is 4.55. The second-order valence-electron chi connectivity index (χ2n) is 7.76. The largest absolute Gasteiger partial charge is 0.304 e. The lowest BCUT2D eigenvalue weighted by atomic mass is 9.94. The minimum Gasteiger partial charge on any atom is -0.304 e. The fourth-order valence-electron chi connectivity index (χ4n) is 4.29. The van der Waals surface area contributed by atoms with Crippen molar-refractivity contribution in [2.45, 2.75) is 22.3 Å². The van der Waals surface area contributed by atoms with E-state index in [-0.39, 0.29) is 24.8 Å². The van der Waals surface area contributed by atoms with Crippen molar-refractivity contribution in [2.75, 3.05) is 33.2 Å². The maximum Gasteiger partial charge on any atom is 0.0401 e. The summed E-state index contributed by atoms with van der Waals surface area (Å²) in [6.07, 6.45) is 4.84. The van der Waals surface area contributed by atoms with Crippen LogP contribution < -0.4 is 0 Å². The van der Waals surface area contributed by atoms with Crippen LogP contribution in [0.2, 0.25) is 0 Å². The van der Waals surface area contributed by atoms with Gasteiger partial charge in [0.05, 0.1) is 0 Å². The lowest BCUT2D eigenvalue weighted by molar-refractivity contribution is 0.110. The van der Waals surface area contributed by atoms with Gasteiger partial charge in [0.1, 0.15) is 0 Å². The molecule has 1 atom stereocenters. The highest BCUT2D eigenvalue weighted by atomic mass is 35.5. The molecule has 3 nitrogen and oxygen atoms in total. The Bertz CT molecular complexity index is 975. The molecule has 0 saturated carbocycles. The van der Waals surface area contributed by atoms with Gasteiger partial charge in [-0.1, -0.05) is 36.0 Å². The first-order valence-electron chi connectivity index (χ1n) is 10.0. The summed E-state index contributed by atoms with van der Waals surface area (Å²) in [5.74, 6) is 0. The van der Waals surface area contributed by atoms with Gasteiger partial charge in [-0.25, -0.2) is 0 Å². The molecule has 6 heteroatoms. The van der Waals surface area contributed by atoms with E-state index in [1.807, 2.05) is 24.2 Å². The van der Waals surface area contributed by atoms with Crippen molar-refractivity contribution in [1.29, 1.82) is 0 Å². The molecule has 1 aromatic heterocycles. The molecule has 1 saturated heterocycles. The monoisotopic (exact) mass is 459 g/mol. The molecule has 2 aromatic carbocycles. The van der Waals surface area contributed by atoms with Crippen LogP contribution in [-0.2, 0) is 6.42 Å². The molecule has 2 aliphatic heterocycles. The van der Waals surface area contributed by atoms with Crippen LogP contribution in [0.25, 0.3) is 11.1 Å². The molecule has 1 unspecified atom stereocenters. The Morgan fingerprint density at radius 1 is 0.833 bits per heavy atom. The maximum absolute atomic E-state index is 4.18. The van der Waals surface area contributed by atoms with E-state index in [9.17, 15) is 0 Å². The molecule has 0 N–H and O–H groups in total. The van der Waals surface area contributed by atoms with Crippen molar-refractivity contribution in [2.24, 2.45) is 0 Å². The summed E-state index contributed by atoms with van der Waals surface area (Å²) in [5, 5.41) is 0. The first kappa shape index (κ1) is 23.1. The molecular formula is C24H27Cl2N3S. The number of halogens is 2. The third kappa shape index (κ3) is 4.68. The van der Waals surface area contributed by atoms with Crippen LogP contribution in [0.5, 0.6) is 0 Å². The molecular weight excluding hydrogens is 433 g/mol. The van der Waals surface area contributed by atoms with Gasteiger partial charge in [0, 0.05) is 54.4 Å². The van der Waals surface area contributed by atoms with Crippen molar-refractivity contribution in [3.63, 3.8) is 0 Å². The number of nitrogens with zero attached hydrogens (tertiary/aromatic N) is 3. The van der Waals surface area contributed by atoms with Crippen LogP contribution >= 0.6 is 36.6 Å². The first-order valence-corrected chi connectivity index (χ1v) is 10.8. The third-order valence-electron chi connectivity index (χ3n) is 5.97. The highest BCUT2D eigenvalue weighted by Gasteiger charge is 2.29. The first-order chi connectivity index (χ1) is 13.8. The summed E-state index contributed by atoms with van der Waals surface area (Å²) >= 11 is 1.93. The molecule has 3 aromatic rings. The number of pyridine rings is 1. The van der Waals surface area contributed by atoms with Gasteiger partial charge in [0.15, 0.2) is 0 Å². The molecule has 0 radical (unpaired) electrons. The van der Waals surface area contributed by atoms with Crippen LogP contribution in [0.1, 0.15) is 17.2 Å². The fourth-order valence-corrected chi connectivity index (χ4v) is 5.41. The van der Waals surface area contributed by atoms with Crippen molar-refractivity contribution >= 4 is 36.6 Å².